The normalized spacial score (nSPS) is 19.5. The number of ketones is 1. The Bertz CT molecular complexity index is 1360. The van der Waals surface area contributed by atoms with E-state index in [9.17, 15) is 14.7 Å². The van der Waals surface area contributed by atoms with E-state index >= 15 is 0 Å². The number of aromatic nitrogens is 2. The van der Waals surface area contributed by atoms with E-state index in [0.717, 1.165) is 15.7 Å². The van der Waals surface area contributed by atoms with Crippen LogP contribution in [0, 0.1) is 0 Å². The van der Waals surface area contributed by atoms with Gasteiger partial charge in [-0.05, 0) is 48.2 Å². The molecule has 2 aromatic carbocycles. The summed E-state index contributed by atoms with van der Waals surface area (Å²) in [7, 11) is 3.16. The summed E-state index contributed by atoms with van der Waals surface area (Å²) >= 11 is 3.44. The largest absolute Gasteiger partial charge is 0.508 e. The van der Waals surface area contributed by atoms with Crippen LogP contribution in [0.5, 0.6) is 17.2 Å². The predicted molar refractivity (Wildman–Crippen MR) is 126 cm³/mol. The van der Waals surface area contributed by atoms with E-state index in [0.29, 0.717) is 40.4 Å². The van der Waals surface area contributed by atoms with Crippen molar-refractivity contribution in [1.29, 1.82) is 0 Å². The van der Waals surface area contributed by atoms with Crippen molar-refractivity contribution in [3.8, 4) is 17.2 Å². The third-order valence-electron chi connectivity index (χ3n) is 6.36. The maximum atomic E-state index is 13.5. The van der Waals surface area contributed by atoms with Crippen LogP contribution in [0.1, 0.15) is 41.4 Å². The number of phenols is 1. The topological polar surface area (TPSA) is 116 Å². The number of ether oxygens (including phenoxy) is 2. The number of allylic oxidation sites excluding steroid dienone is 2. The number of fused-ring (bicyclic) bond motifs is 1. The van der Waals surface area contributed by atoms with E-state index in [1.807, 2.05) is 18.2 Å². The Morgan fingerprint density at radius 2 is 1.79 bits per heavy atom. The van der Waals surface area contributed by atoms with E-state index < -0.39 is 5.92 Å². The summed E-state index contributed by atoms with van der Waals surface area (Å²) in [5.74, 6) is 0.934. The van der Waals surface area contributed by atoms with Crippen LogP contribution in [0.3, 0.4) is 0 Å². The van der Waals surface area contributed by atoms with Crippen molar-refractivity contribution in [3.05, 3.63) is 79.2 Å². The average molecular weight is 512 g/mol. The molecule has 8 nitrogen and oxygen atoms in total. The van der Waals surface area contributed by atoms with Crippen LogP contribution < -0.4 is 20.3 Å². The van der Waals surface area contributed by atoms with Crippen LogP contribution in [0.2, 0.25) is 0 Å². The first-order chi connectivity index (χ1) is 15.9. The fourth-order valence-electron chi connectivity index (χ4n) is 4.83. The molecule has 3 aromatic rings. The molecule has 33 heavy (non-hydrogen) atoms. The molecule has 0 radical (unpaired) electrons. The number of anilines is 1. The molecular weight excluding hydrogens is 490 g/mol. The number of hydrogen-bond donors (Lipinski definition) is 4. The predicted octanol–water partition coefficient (Wildman–Crippen LogP) is 4.15. The lowest BCUT2D eigenvalue weighted by Gasteiger charge is -2.35. The van der Waals surface area contributed by atoms with Gasteiger partial charge in [-0.2, -0.15) is 0 Å². The van der Waals surface area contributed by atoms with E-state index in [4.69, 9.17) is 9.47 Å². The number of Topliss-reactive ketones (excluding diaryl/α,β-unsaturated/α-hetero) is 1. The highest BCUT2D eigenvalue weighted by Crippen LogP contribution is 2.49. The zero-order chi connectivity index (χ0) is 23.3. The second-order valence-corrected chi connectivity index (χ2v) is 9.08. The number of carbonyl (C=O) groups excluding carboxylic acids is 1. The monoisotopic (exact) mass is 511 g/mol. The van der Waals surface area contributed by atoms with Crippen molar-refractivity contribution in [3.63, 3.8) is 0 Å². The standard InChI is InChI=1S/C24H22BrN3O5/c1-32-18-6-3-11(9-19(18)33-2)12-7-15-21(17(30)8-12)20(14-10-13(25)4-5-16(14)29)22-23(26-15)27-28-24(22)31/h3-6,9-10,12,20,29H,7-8H2,1-2H3,(H3,26,27,28,31)/t12-,20-/m1/s1. The van der Waals surface area contributed by atoms with Crippen LogP contribution in [-0.4, -0.2) is 35.3 Å². The molecular formula is C24H22BrN3O5. The van der Waals surface area contributed by atoms with Gasteiger partial charge >= 0.3 is 0 Å². The minimum atomic E-state index is -0.678. The number of halogens is 1. The summed E-state index contributed by atoms with van der Waals surface area (Å²) < 4.78 is 11.5. The maximum Gasteiger partial charge on any atom is 0.270 e. The summed E-state index contributed by atoms with van der Waals surface area (Å²) in [5, 5.41) is 19.4. The van der Waals surface area contributed by atoms with Crippen LogP contribution in [0.4, 0.5) is 5.82 Å². The second kappa shape index (κ2) is 8.15. The molecule has 0 fully saturated rings. The summed E-state index contributed by atoms with van der Waals surface area (Å²) in [4.78, 5) is 26.2. The molecule has 4 N–H and O–H groups in total. The first-order valence-electron chi connectivity index (χ1n) is 10.4. The van der Waals surface area contributed by atoms with Gasteiger partial charge in [0.25, 0.3) is 5.56 Å². The maximum absolute atomic E-state index is 13.5. The van der Waals surface area contributed by atoms with Gasteiger partial charge in [-0.25, -0.2) is 0 Å². The zero-order valence-electron chi connectivity index (χ0n) is 18.0. The van der Waals surface area contributed by atoms with Crippen molar-refractivity contribution < 1.29 is 19.4 Å². The van der Waals surface area contributed by atoms with Gasteiger partial charge < -0.3 is 19.9 Å². The molecule has 0 spiro atoms. The van der Waals surface area contributed by atoms with Crippen LogP contribution >= 0.6 is 15.9 Å². The quantitative estimate of drug-likeness (QED) is 0.418. The Hall–Kier alpha value is -3.46. The number of nitrogens with one attached hydrogen (secondary N) is 3. The number of benzene rings is 2. The molecule has 1 aromatic heterocycles. The molecule has 170 valence electrons. The van der Waals surface area contributed by atoms with Gasteiger partial charge in [-0.1, -0.05) is 22.0 Å². The minimum absolute atomic E-state index is 0.0262. The van der Waals surface area contributed by atoms with Gasteiger partial charge in [-0.3, -0.25) is 19.8 Å². The highest BCUT2D eigenvalue weighted by molar-refractivity contribution is 9.10. The molecule has 2 atom stereocenters. The molecule has 5 rings (SSSR count). The van der Waals surface area contributed by atoms with Crippen molar-refractivity contribution in [2.75, 3.05) is 19.5 Å². The number of carbonyl (C=O) groups is 1. The summed E-state index contributed by atoms with van der Waals surface area (Å²) in [6.45, 7) is 0. The van der Waals surface area contributed by atoms with Gasteiger partial charge in [0.15, 0.2) is 17.3 Å². The van der Waals surface area contributed by atoms with Crippen molar-refractivity contribution in [2.24, 2.45) is 0 Å². The second-order valence-electron chi connectivity index (χ2n) is 8.16. The van der Waals surface area contributed by atoms with Gasteiger partial charge in [0.2, 0.25) is 0 Å². The minimum Gasteiger partial charge on any atom is -0.508 e. The summed E-state index contributed by atoms with van der Waals surface area (Å²) in [5.41, 5.74) is 2.77. The number of phenolic OH excluding ortho intramolecular Hbond substituents is 1. The third kappa shape index (κ3) is 3.52. The third-order valence-corrected chi connectivity index (χ3v) is 6.85. The lowest BCUT2D eigenvalue weighted by Crippen LogP contribution is -2.31. The van der Waals surface area contributed by atoms with Gasteiger partial charge in [0.1, 0.15) is 11.6 Å². The number of aromatic amines is 2. The molecule has 0 amide bonds. The number of rotatable bonds is 4. The van der Waals surface area contributed by atoms with Crippen LogP contribution in [0.15, 0.2) is 56.9 Å². The number of aromatic hydroxyl groups is 1. The van der Waals surface area contributed by atoms with Gasteiger partial charge in [0.05, 0.1) is 25.7 Å². The Morgan fingerprint density at radius 3 is 2.55 bits per heavy atom. The fraction of sp³-hybridized carbons (Fsp3) is 0.250. The molecule has 0 unspecified atom stereocenters. The molecule has 0 saturated carbocycles. The first kappa shape index (κ1) is 21.4. The summed E-state index contributed by atoms with van der Waals surface area (Å²) in [6, 6.07) is 10.7. The molecule has 0 bridgehead atoms. The van der Waals surface area contributed by atoms with Gasteiger partial charge in [-0.15, -0.1) is 0 Å². The zero-order valence-corrected chi connectivity index (χ0v) is 19.6. The van der Waals surface area contributed by atoms with E-state index in [2.05, 4.69) is 31.4 Å². The Kier molecular flexibility index (Phi) is 5.28. The summed E-state index contributed by atoms with van der Waals surface area (Å²) in [6.07, 6.45) is 0.841. The first-order valence-corrected chi connectivity index (χ1v) is 11.2. The Balaban J connectivity index is 1.61. The smallest absolute Gasteiger partial charge is 0.270 e. The Labute approximate surface area is 197 Å². The van der Waals surface area contributed by atoms with Gasteiger partial charge in [0, 0.05) is 27.7 Å². The van der Waals surface area contributed by atoms with Crippen LogP contribution in [-0.2, 0) is 4.79 Å². The molecule has 0 saturated heterocycles. The molecule has 2 heterocycles. The number of hydrogen-bond acceptors (Lipinski definition) is 6. The fourth-order valence-corrected chi connectivity index (χ4v) is 5.21. The number of methoxy groups -OCH3 is 2. The van der Waals surface area contributed by atoms with Crippen molar-refractivity contribution in [2.45, 2.75) is 24.7 Å². The van der Waals surface area contributed by atoms with Crippen molar-refractivity contribution in [1.82, 2.24) is 10.2 Å². The molecule has 1 aliphatic heterocycles. The average Bonchev–Trinajstić information content (AvgIpc) is 3.19. The molecule has 2 aliphatic rings. The Morgan fingerprint density at radius 1 is 1.00 bits per heavy atom. The highest BCUT2D eigenvalue weighted by atomic mass is 79.9. The highest BCUT2D eigenvalue weighted by Gasteiger charge is 2.41. The van der Waals surface area contributed by atoms with E-state index in [-0.39, 0.29) is 29.4 Å². The lowest BCUT2D eigenvalue weighted by molar-refractivity contribution is -0.116. The lowest BCUT2D eigenvalue weighted by atomic mass is 9.72. The SMILES string of the molecule is COc1ccc([C@H]2CC(=O)C3=C(C2)Nc2[nH][nH]c(=O)c2[C@@H]3c2cc(Br)ccc2O)cc1OC. The molecule has 1 aliphatic carbocycles. The van der Waals surface area contributed by atoms with E-state index in [1.165, 1.54) is 0 Å². The molecule has 9 heteroatoms. The van der Waals surface area contributed by atoms with E-state index in [1.54, 1.807) is 32.4 Å². The van der Waals surface area contributed by atoms with Crippen LogP contribution in [0.25, 0.3) is 0 Å². The van der Waals surface area contributed by atoms with Crippen molar-refractivity contribution >= 4 is 27.5 Å². The number of H-pyrrole nitrogens is 2.